The van der Waals surface area contributed by atoms with E-state index in [1.165, 1.54) is 12.8 Å². The Labute approximate surface area is 78.7 Å². The summed E-state index contributed by atoms with van der Waals surface area (Å²) in [5.74, 6) is -0.413. The van der Waals surface area contributed by atoms with E-state index in [1.807, 2.05) is 6.92 Å². The van der Waals surface area contributed by atoms with Crippen molar-refractivity contribution >= 4 is 5.97 Å². The van der Waals surface area contributed by atoms with Gasteiger partial charge in [-0.15, -0.1) is 0 Å². The van der Waals surface area contributed by atoms with E-state index in [2.05, 4.69) is 4.90 Å². The predicted octanol–water partition coefficient (Wildman–Crippen LogP) is 1.19. The van der Waals surface area contributed by atoms with Gasteiger partial charge in [0.1, 0.15) is 0 Å². The molecule has 0 aromatic heterocycles. The van der Waals surface area contributed by atoms with Gasteiger partial charge in [0.05, 0.1) is 5.92 Å². The van der Waals surface area contributed by atoms with Gasteiger partial charge < -0.3 is 10.0 Å². The number of rotatable bonds is 3. The number of carbonyl (C=O) groups is 1. The lowest BCUT2D eigenvalue weighted by atomic mass is 9.94. The standard InChI is InChI=1S/C10H17NO2/c1-7(10(12)13)8-4-5-11(6-8)9-2-3-9/h7-9H,2-6H2,1H3,(H,12,13). The first-order valence-corrected chi connectivity index (χ1v) is 5.15. The van der Waals surface area contributed by atoms with Crippen LogP contribution in [0.3, 0.4) is 0 Å². The van der Waals surface area contributed by atoms with Crippen LogP contribution in [0.5, 0.6) is 0 Å². The summed E-state index contributed by atoms with van der Waals surface area (Å²) in [5, 5.41) is 8.86. The molecule has 1 saturated heterocycles. The highest BCUT2D eigenvalue weighted by Crippen LogP contribution is 2.34. The first-order chi connectivity index (χ1) is 6.18. The van der Waals surface area contributed by atoms with Crippen LogP contribution >= 0.6 is 0 Å². The molecule has 1 N–H and O–H groups in total. The second-order valence-corrected chi connectivity index (χ2v) is 4.40. The third-order valence-electron chi connectivity index (χ3n) is 3.42. The zero-order valence-corrected chi connectivity index (χ0v) is 8.07. The molecule has 1 aliphatic carbocycles. The molecule has 1 heterocycles. The minimum Gasteiger partial charge on any atom is -0.481 e. The van der Waals surface area contributed by atoms with Gasteiger partial charge in [0.25, 0.3) is 0 Å². The van der Waals surface area contributed by atoms with E-state index in [-0.39, 0.29) is 5.92 Å². The lowest BCUT2D eigenvalue weighted by molar-refractivity contribution is -0.142. The number of carboxylic acid groups (broad SMARTS) is 1. The van der Waals surface area contributed by atoms with Crippen molar-refractivity contribution in [2.75, 3.05) is 13.1 Å². The van der Waals surface area contributed by atoms with E-state index < -0.39 is 5.97 Å². The molecule has 2 atom stereocenters. The third kappa shape index (κ3) is 1.85. The second kappa shape index (κ2) is 3.29. The zero-order chi connectivity index (χ0) is 9.42. The van der Waals surface area contributed by atoms with Gasteiger partial charge in [-0.2, -0.15) is 0 Å². The Balaban J connectivity index is 1.86. The SMILES string of the molecule is CC(C(=O)O)C1CCN(C2CC2)C1. The number of likely N-dealkylation sites (tertiary alicyclic amines) is 1. The monoisotopic (exact) mass is 183 g/mol. The van der Waals surface area contributed by atoms with Crippen molar-refractivity contribution in [2.45, 2.75) is 32.2 Å². The highest BCUT2D eigenvalue weighted by Gasteiger charge is 2.37. The highest BCUT2D eigenvalue weighted by molar-refractivity contribution is 5.69. The van der Waals surface area contributed by atoms with E-state index in [0.29, 0.717) is 5.92 Å². The van der Waals surface area contributed by atoms with Gasteiger partial charge in [-0.25, -0.2) is 0 Å². The van der Waals surface area contributed by atoms with Crippen LogP contribution in [-0.4, -0.2) is 35.1 Å². The van der Waals surface area contributed by atoms with Crippen molar-refractivity contribution < 1.29 is 9.90 Å². The van der Waals surface area contributed by atoms with Crippen molar-refractivity contribution in [1.82, 2.24) is 4.90 Å². The molecule has 0 amide bonds. The fraction of sp³-hybridized carbons (Fsp3) is 0.900. The van der Waals surface area contributed by atoms with Gasteiger partial charge in [-0.1, -0.05) is 6.92 Å². The Bertz CT molecular complexity index is 213. The molecule has 2 fully saturated rings. The molecule has 1 aliphatic heterocycles. The van der Waals surface area contributed by atoms with Crippen molar-refractivity contribution in [3.8, 4) is 0 Å². The first-order valence-electron chi connectivity index (χ1n) is 5.15. The lowest BCUT2D eigenvalue weighted by Crippen LogP contribution is -2.26. The summed E-state index contributed by atoms with van der Waals surface area (Å²) in [6, 6.07) is 0.797. The molecule has 3 nitrogen and oxygen atoms in total. The van der Waals surface area contributed by atoms with E-state index in [1.54, 1.807) is 0 Å². The molecule has 2 aliphatic rings. The van der Waals surface area contributed by atoms with E-state index in [0.717, 1.165) is 25.6 Å². The summed E-state index contributed by atoms with van der Waals surface area (Å²) in [5.41, 5.74) is 0. The topological polar surface area (TPSA) is 40.5 Å². The Morgan fingerprint density at radius 3 is 2.69 bits per heavy atom. The van der Waals surface area contributed by atoms with Crippen LogP contribution in [0.25, 0.3) is 0 Å². The van der Waals surface area contributed by atoms with Gasteiger partial charge in [0.15, 0.2) is 0 Å². The molecule has 0 spiro atoms. The Morgan fingerprint density at radius 1 is 1.46 bits per heavy atom. The average Bonchev–Trinajstić information content (AvgIpc) is 2.83. The molecule has 13 heavy (non-hydrogen) atoms. The van der Waals surface area contributed by atoms with Crippen LogP contribution in [0, 0.1) is 11.8 Å². The van der Waals surface area contributed by atoms with E-state index in [4.69, 9.17) is 5.11 Å². The minimum absolute atomic E-state index is 0.163. The van der Waals surface area contributed by atoms with Crippen LogP contribution in [0.4, 0.5) is 0 Å². The largest absolute Gasteiger partial charge is 0.481 e. The zero-order valence-electron chi connectivity index (χ0n) is 8.07. The number of carboxylic acids is 1. The van der Waals surface area contributed by atoms with Crippen LogP contribution in [0.15, 0.2) is 0 Å². The molecule has 0 aromatic rings. The number of hydrogen-bond acceptors (Lipinski definition) is 2. The maximum Gasteiger partial charge on any atom is 0.306 e. The lowest BCUT2D eigenvalue weighted by Gasteiger charge is -2.16. The molecule has 0 aromatic carbocycles. The molecule has 0 bridgehead atoms. The Hall–Kier alpha value is -0.570. The van der Waals surface area contributed by atoms with Crippen LogP contribution in [0.2, 0.25) is 0 Å². The summed E-state index contributed by atoms with van der Waals surface area (Å²) in [4.78, 5) is 13.2. The van der Waals surface area contributed by atoms with Gasteiger partial charge in [0, 0.05) is 12.6 Å². The Morgan fingerprint density at radius 2 is 2.15 bits per heavy atom. The Kier molecular flexibility index (Phi) is 2.28. The van der Waals surface area contributed by atoms with Crippen LogP contribution in [-0.2, 0) is 4.79 Å². The summed E-state index contributed by atoms with van der Waals surface area (Å²) in [6.07, 6.45) is 3.73. The summed E-state index contributed by atoms with van der Waals surface area (Å²) in [7, 11) is 0. The number of aliphatic carboxylic acids is 1. The van der Waals surface area contributed by atoms with Crippen molar-refractivity contribution in [3.05, 3.63) is 0 Å². The number of nitrogens with zero attached hydrogens (tertiary/aromatic N) is 1. The predicted molar refractivity (Wildman–Crippen MR) is 49.5 cm³/mol. The molecular weight excluding hydrogens is 166 g/mol. The fourth-order valence-corrected chi connectivity index (χ4v) is 2.20. The fourth-order valence-electron chi connectivity index (χ4n) is 2.20. The van der Waals surface area contributed by atoms with Crippen molar-refractivity contribution in [3.63, 3.8) is 0 Å². The van der Waals surface area contributed by atoms with Gasteiger partial charge in [0.2, 0.25) is 0 Å². The van der Waals surface area contributed by atoms with E-state index >= 15 is 0 Å². The van der Waals surface area contributed by atoms with Crippen molar-refractivity contribution in [2.24, 2.45) is 11.8 Å². The highest BCUT2D eigenvalue weighted by atomic mass is 16.4. The quantitative estimate of drug-likeness (QED) is 0.714. The normalized spacial score (nSPS) is 31.9. The van der Waals surface area contributed by atoms with Gasteiger partial charge in [-0.05, 0) is 31.7 Å². The van der Waals surface area contributed by atoms with Crippen LogP contribution < -0.4 is 0 Å². The smallest absolute Gasteiger partial charge is 0.306 e. The summed E-state index contributed by atoms with van der Waals surface area (Å²) in [6.45, 7) is 3.97. The second-order valence-electron chi connectivity index (χ2n) is 4.40. The van der Waals surface area contributed by atoms with Gasteiger partial charge in [-0.3, -0.25) is 4.79 Å². The molecule has 2 rings (SSSR count). The maximum atomic E-state index is 10.8. The van der Waals surface area contributed by atoms with E-state index in [9.17, 15) is 4.79 Å². The summed E-state index contributed by atoms with van der Waals surface area (Å²) >= 11 is 0. The third-order valence-corrected chi connectivity index (χ3v) is 3.42. The molecule has 2 unspecified atom stereocenters. The molecule has 3 heteroatoms. The average molecular weight is 183 g/mol. The molecule has 1 saturated carbocycles. The van der Waals surface area contributed by atoms with Crippen LogP contribution in [0.1, 0.15) is 26.2 Å². The molecule has 0 radical (unpaired) electrons. The minimum atomic E-state index is -0.636. The molecule has 74 valence electrons. The molecular formula is C10H17NO2. The first kappa shape index (κ1) is 9.00. The maximum absolute atomic E-state index is 10.8. The summed E-state index contributed by atoms with van der Waals surface area (Å²) < 4.78 is 0. The number of hydrogen-bond donors (Lipinski definition) is 1. The van der Waals surface area contributed by atoms with Gasteiger partial charge >= 0.3 is 5.97 Å². The van der Waals surface area contributed by atoms with Crippen molar-refractivity contribution in [1.29, 1.82) is 0 Å².